The first kappa shape index (κ1) is 43.8. The minimum Gasteiger partial charge on any atom is -0.358 e. The summed E-state index contributed by atoms with van der Waals surface area (Å²) in [5.41, 5.74) is 0. The Kier molecular flexibility index (Phi) is 22.5. The van der Waals surface area contributed by atoms with E-state index in [9.17, 15) is 0 Å². The molecule has 0 saturated carbocycles. The van der Waals surface area contributed by atoms with Crippen LogP contribution in [0.25, 0.3) is 0 Å². The van der Waals surface area contributed by atoms with Crippen molar-refractivity contribution >= 4 is 72.9 Å². The summed E-state index contributed by atoms with van der Waals surface area (Å²) < 4.78 is 7.50. The Hall–Kier alpha value is -4.27. The molecule has 0 aliphatic carbocycles. The number of allylic oxidation sites excluding steroid dienone is 2. The first-order valence-electron chi connectivity index (χ1n) is 14.6. The molecule has 0 aliphatic rings. The molecule has 0 amide bonds. The molecule has 0 aliphatic heterocycles. The molecule has 8 heteroatoms. The van der Waals surface area contributed by atoms with Crippen molar-refractivity contribution in [2.75, 3.05) is 0 Å². The van der Waals surface area contributed by atoms with Gasteiger partial charge in [-0.3, -0.25) is 0 Å². The van der Waals surface area contributed by atoms with Crippen molar-refractivity contribution in [3.63, 3.8) is 0 Å². The first-order chi connectivity index (χ1) is 23.6. The van der Waals surface area contributed by atoms with Crippen LogP contribution in [-0.2, 0) is 50.0 Å². The Morgan fingerprint density at radius 2 is 0.540 bits per heavy atom. The monoisotopic (exact) mass is 900 g/mol. The molecule has 0 saturated heterocycles. The SMILES string of the molecule is N#C/C([S-])=C(/[S-])C#N.[C-]#[O+].[CH3-].[Ir+3].c1ccc(P(c2ccccc2)c2ccccc2)cc1.c1ccc(P(c2ccccc2)c2ccccc2)cc1. The zero-order chi connectivity index (χ0) is 34.4. The van der Waals surface area contributed by atoms with Gasteiger partial charge < -0.3 is 32.7 Å². The van der Waals surface area contributed by atoms with E-state index in [0.717, 1.165) is 0 Å². The van der Waals surface area contributed by atoms with E-state index in [1.165, 1.54) is 31.8 Å². The smallest absolute Gasteiger partial charge is 0.358 e. The average Bonchev–Trinajstić information content (AvgIpc) is 3.18. The molecule has 0 unspecified atom stereocenters. The summed E-state index contributed by atoms with van der Waals surface area (Å²) in [6.45, 7) is 4.50. The zero-order valence-electron chi connectivity index (χ0n) is 27.2. The van der Waals surface area contributed by atoms with Crippen molar-refractivity contribution < 1.29 is 24.8 Å². The third-order valence-electron chi connectivity index (χ3n) is 6.50. The molecule has 248 valence electrons. The van der Waals surface area contributed by atoms with Crippen LogP contribution in [0.4, 0.5) is 0 Å². The van der Waals surface area contributed by atoms with Crippen molar-refractivity contribution in [2.24, 2.45) is 0 Å². The molecule has 0 heterocycles. The largest absolute Gasteiger partial charge is 3.00 e. The fraction of sp³-hybridized carbons (Fsp3) is 0. The molecule has 0 spiro atoms. The predicted octanol–water partition coefficient (Wildman–Crippen LogP) is 7.64. The molecule has 50 heavy (non-hydrogen) atoms. The summed E-state index contributed by atoms with van der Waals surface area (Å²) >= 11 is 8.70. The minimum atomic E-state index is -0.446. The minimum absolute atomic E-state index is 0. The summed E-state index contributed by atoms with van der Waals surface area (Å²) in [7, 11) is -0.892. The number of hydrogen-bond acceptors (Lipinski definition) is 4. The number of nitrogens with zero attached hydrogens (tertiary/aromatic N) is 2. The van der Waals surface area contributed by atoms with Crippen LogP contribution >= 0.6 is 15.8 Å². The van der Waals surface area contributed by atoms with Gasteiger partial charge in [0.1, 0.15) is 0 Å². The van der Waals surface area contributed by atoms with Crippen molar-refractivity contribution in [3.05, 3.63) is 206 Å². The van der Waals surface area contributed by atoms with E-state index < -0.39 is 15.8 Å². The molecule has 0 atom stereocenters. The van der Waals surface area contributed by atoms with Crippen LogP contribution in [-0.4, -0.2) is 0 Å². The molecule has 6 aromatic carbocycles. The normalized spacial score (nSPS) is 9.80. The third kappa shape index (κ3) is 13.9. The van der Waals surface area contributed by atoms with Gasteiger partial charge in [-0.2, -0.15) is 10.5 Å². The number of nitriles is 2. The van der Waals surface area contributed by atoms with E-state index in [1.54, 1.807) is 12.1 Å². The van der Waals surface area contributed by atoms with Crippen molar-refractivity contribution in [1.82, 2.24) is 0 Å². The molecular formula is C42H33IrN2OP2S2. The van der Waals surface area contributed by atoms with E-state index in [1.807, 2.05) is 0 Å². The molecule has 0 N–H and O–H groups in total. The van der Waals surface area contributed by atoms with Gasteiger partial charge in [0.2, 0.25) is 0 Å². The van der Waals surface area contributed by atoms with Crippen LogP contribution in [0.5, 0.6) is 0 Å². The second-order valence-corrected chi connectivity index (χ2v) is 14.8. The summed E-state index contributed by atoms with van der Waals surface area (Å²) in [6.07, 6.45) is 0. The Balaban J connectivity index is 0.000000386. The fourth-order valence-electron chi connectivity index (χ4n) is 4.46. The number of hydrogen-bond donors (Lipinski definition) is 0. The third-order valence-corrected chi connectivity index (χ3v) is 12.1. The Labute approximate surface area is 324 Å². The van der Waals surface area contributed by atoms with Gasteiger partial charge in [-0.05, 0) is 47.7 Å². The zero-order valence-corrected chi connectivity index (χ0v) is 33.0. The van der Waals surface area contributed by atoms with E-state index in [2.05, 4.69) is 214 Å². The Morgan fingerprint density at radius 3 is 0.660 bits per heavy atom. The topological polar surface area (TPSA) is 67.5 Å². The van der Waals surface area contributed by atoms with Gasteiger partial charge in [0, 0.05) is 0 Å². The van der Waals surface area contributed by atoms with Crippen LogP contribution in [0.15, 0.2) is 192 Å². The van der Waals surface area contributed by atoms with Gasteiger partial charge in [-0.15, -0.1) is 9.81 Å². The summed E-state index contributed by atoms with van der Waals surface area (Å²) in [4.78, 5) is -0.218. The molecule has 0 radical (unpaired) electrons. The quantitative estimate of drug-likeness (QED) is 0.0568. The molecule has 0 aromatic heterocycles. The van der Waals surface area contributed by atoms with E-state index in [4.69, 9.17) is 15.2 Å². The Morgan fingerprint density at radius 1 is 0.400 bits per heavy atom. The van der Waals surface area contributed by atoms with Gasteiger partial charge in [-0.25, -0.2) is 0 Å². The van der Waals surface area contributed by atoms with E-state index >= 15 is 0 Å². The summed E-state index contributed by atoms with van der Waals surface area (Å²) in [5, 5.41) is 24.4. The molecule has 6 aromatic rings. The fourth-order valence-corrected chi connectivity index (χ4v) is 9.16. The predicted molar refractivity (Wildman–Crippen MR) is 214 cm³/mol. The van der Waals surface area contributed by atoms with Gasteiger partial charge >= 0.3 is 31.4 Å². The van der Waals surface area contributed by atoms with Crippen molar-refractivity contribution in [3.8, 4) is 12.1 Å². The average molecular weight is 900 g/mol. The van der Waals surface area contributed by atoms with Crippen molar-refractivity contribution in [2.45, 2.75) is 0 Å². The molecule has 6 rings (SSSR count). The van der Waals surface area contributed by atoms with Crippen LogP contribution in [0.1, 0.15) is 0 Å². The second kappa shape index (κ2) is 25.7. The molecule has 0 fully saturated rings. The maximum absolute atomic E-state index is 8.01. The first-order valence-corrected chi connectivity index (χ1v) is 18.1. The van der Waals surface area contributed by atoms with E-state index in [-0.39, 0.29) is 37.3 Å². The van der Waals surface area contributed by atoms with Gasteiger partial charge in [0.05, 0.1) is 12.1 Å². The number of rotatable bonds is 6. The van der Waals surface area contributed by atoms with Crippen LogP contribution < -0.4 is 31.8 Å². The van der Waals surface area contributed by atoms with Crippen molar-refractivity contribution in [1.29, 1.82) is 10.5 Å². The maximum atomic E-state index is 8.01. The van der Waals surface area contributed by atoms with Gasteiger partial charge in [0.15, 0.2) is 0 Å². The van der Waals surface area contributed by atoms with Crippen LogP contribution in [0, 0.1) is 36.7 Å². The van der Waals surface area contributed by atoms with Gasteiger partial charge in [0.25, 0.3) is 0 Å². The maximum Gasteiger partial charge on any atom is 3.00 e. The molecule has 3 nitrogen and oxygen atoms in total. The number of benzene rings is 6. The van der Waals surface area contributed by atoms with Gasteiger partial charge in [-0.1, -0.05) is 182 Å². The Bertz CT molecular complexity index is 1590. The van der Waals surface area contributed by atoms with Crippen LogP contribution in [0.2, 0.25) is 0 Å². The second-order valence-electron chi connectivity index (χ2n) is 9.57. The molecular weight excluding hydrogens is 867 g/mol. The summed E-state index contributed by atoms with van der Waals surface area (Å²) in [5.74, 6) is 0. The summed E-state index contributed by atoms with van der Waals surface area (Å²) in [6, 6.07) is 67.8. The van der Waals surface area contributed by atoms with E-state index in [0.29, 0.717) is 0 Å². The van der Waals surface area contributed by atoms with Crippen LogP contribution in [0.3, 0.4) is 0 Å². The molecule has 0 bridgehead atoms. The standard InChI is InChI=1S/2C18H15P.C4H2N2S2.CO.CH3.Ir/c2*1-4-10-16(11-5-1)19(17-12-6-2-7-13-17)18-14-8-3-9-15-18;5-1-3(7)4(8)2-6;1-2;;/h2*1-15H;7-8H;;1H3;/q;;;;-1;+3/p-2/b;;4-3-;;;.